The van der Waals surface area contributed by atoms with Gasteiger partial charge in [-0.05, 0) is 35.9 Å². The van der Waals surface area contributed by atoms with Crippen LogP contribution in [0, 0.1) is 0 Å². The maximum Gasteiger partial charge on any atom is 0.416 e. The molecule has 27 heavy (non-hydrogen) atoms. The molecule has 0 unspecified atom stereocenters. The standard InChI is InChI=1S/C18H17F3N2O3S/c1-2-10-23(12-13-6-8-14(9-7-13)17(22)24)27(25,26)16-5-3-4-15(11-16)18(19,20)21/h2-9,11H,1,10,12H2,(H2,22,24). The maximum absolute atomic E-state index is 12.9. The average Bonchev–Trinajstić information content (AvgIpc) is 2.61. The molecule has 1 amide bonds. The molecule has 0 heterocycles. The van der Waals surface area contributed by atoms with Crippen molar-refractivity contribution >= 4 is 15.9 Å². The zero-order valence-corrected chi connectivity index (χ0v) is 14.9. The van der Waals surface area contributed by atoms with Crippen molar-refractivity contribution < 1.29 is 26.4 Å². The van der Waals surface area contributed by atoms with E-state index in [2.05, 4.69) is 6.58 Å². The van der Waals surface area contributed by atoms with E-state index in [-0.39, 0.29) is 18.7 Å². The van der Waals surface area contributed by atoms with Gasteiger partial charge in [-0.3, -0.25) is 4.79 Å². The number of hydrogen-bond donors (Lipinski definition) is 1. The minimum atomic E-state index is -4.65. The van der Waals surface area contributed by atoms with E-state index in [0.29, 0.717) is 11.6 Å². The summed E-state index contributed by atoms with van der Waals surface area (Å²) in [5.74, 6) is -0.624. The van der Waals surface area contributed by atoms with Gasteiger partial charge in [0.2, 0.25) is 15.9 Å². The summed E-state index contributed by atoms with van der Waals surface area (Å²) < 4.78 is 65.3. The molecule has 0 aromatic heterocycles. The van der Waals surface area contributed by atoms with Gasteiger partial charge in [-0.25, -0.2) is 8.42 Å². The third kappa shape index (κ3) is 4.95. The molecule has 2 aromatic carbocycles. The number of amides is 1. The minimum absolute atomic E-state index is 0.101. The van der Waals surface area contributed by atoms with Crippen molar-refractivity contribution in [1.29, 1.82) is 0 Å². The minimum Gasteiger partial charge on any atom is -0.366 e. The lowest BCUT2D eigenvalue weighted by Crippen LogP contribution is -2.31. The van der Waals surface area contributed by atoms with E-state index in [1.54, 1.807) is 0 Å². The van der Waals surface area contributed by atoms with Gasteiger partial charge >= 0.3 is 6.18 Å². The Labute approximate surface area is 155 Å². The molecule has 5 nitrogen and oxygen atoms in total. The van der Waals surface area contributed by atoms with Crippen LogP contribution in [0.5, 0.6) is 0 Å². The molecule has 9 heteroatoms. The second-order valence-corrected chi connectivity index (χ2v) is 7.61. The van der Waals surface area contributed by atoms with Crippen LogP contribution in [0.3, 0.4) is 0 Å². The second kappa shape index (κ2) is 7.93. The van der Waals surface area contributed by atoms with Crippen LogP contribution in [0.2, 0.25) is 0 Å². The van der Waals surface area contributed by atoms with Crippen molar-refractivity contribution in [2.24, 2.45) is 5.73 Å². The number of alkyl halides is 3. The van der Waals surface area contributed by atoms with Crippen LogP contribution in [0.4, 0.5) is 13.2 Å². The molecule has 2 rings (SSSR count). The predicted molar refractivity (Wildman–Crippen MR) is 94.2 cm³/mol. The van der Waals surface area contributed by atoms with Crippen molar-refractivity contribution in [2.75, 3.05) is 6.54 Å². The molecular weight excluding hydrogens is 381 g/mol. The Balaban J connectivity index is 2.37. The third-order valence-electron chi connectivity index (χ3n) is 3.73. The van der Waals surface area contributed by atoms with Gasteiger partial charge in [0.1, 0.15) is 0 Å². The molecule has 0 radical (unpaired) electrons. The van der Waals surface area contributed by atoms with Crippen LogP contribution in [-0.4, -0.2) is 25.2 Å². The molecule has 2 N–H and O–H groups in total. The summed E-state index contributed by atoms with van der Waals surface area (Å²) >= 11 is 0. The molecule has 144 valence electrons. The Bertz CT molecular complexity index is 939. The quantitative estimate of drug-likeness (QED) is 0.728. The number of hydrogen-bond acceptors (Lipinski definition) is 3. The first kappa shape index (κ1) is 20.7. The van der Waals surface area contributed by atoms with Crippen LogP contribution in [0.15, 0.2) is 66.1 Å². The average molecular weight is 398 g/mol. The zero-order valence-electron chi connectivity index (χ0n) is 14.1. The topological polar surface area (TPSA) is 80.5 Å². The lowest BCUT2D eigenvalue weighted by atomic mass is 10.1. The lowest BCUT2D eigenvalue weighted by Gasteiger charge is -2.21. The summed E-state index contributed by atoms with van der Waals surface area (Å²) in [4.78, 5) is 10.6. The van der Waals surface area contributed by atoms with E-state index in [4.69, 9.17) is 5.73 Å². The van der Waals surface area contributed by atoms with E-state index in [1.165, 1.54) is 30.3 Å². The number of benzene rings is 2. The van der Waals surface area contributed by atoms with Gasteiger partial charge < -0.3 is 5.73 Å². The first-order valence-corrected chi connectivity index (χ1v) is 9.17. The number of halogens is 3. The molecule has 0 saturated heterocycles. The fourth-order valence-corrected chi connectivity index (χ4v) is 3.80. The lowest BCUT2D eigenvalue weighted by molar-refractivity contribution is -0.137. The Morgan fingerprint density at radius 3 is 2.30 bits per heavy atom. The van der Waals surface area contributed by atoms with E-state index < -0.39 is 32.6 Å². The van der Waals surface area contributed by atoms with Crippen molar-refractivity contribution in [2.45, 2.75) is 17.6 Å². The molecule has 0 fully saturated rings. The number of nitrogens with zero attached hydrogens (tertiary/aromatic N) is 1. The molecule has 0 spiro atoms. The van der Waals surface area contributed by atoms with Crippen molar-refractivity contribution in [3.05, 3.63) is 77.9 Å². The molecular formula is C18H17F3N2O3S. The fraction of sp³-hybridized carbons (Fsp3) is 0.167. The third-order valence-corrected chi connectivity index (χ3v) is 5.54. The zero-order chi connectivity index (χ0) is 20.2. The Kier molecular flexibility index (Phi) is 6.07. The van der Waals surface area contributed by atoms with Crippen molar-refractivity contribution in [3.8, 4) is 0 Å². The first-order chi connectivity index (χ1) is 12.6. The number of carbonyl (C=O) groups excluding carboxylic acids is 1. The van der Waals surface area contributed by atoms with E-state index in [9.17, 15) is 26.4 Å². The predicted octanol–water partition coefficient (Wildman–Crippen LogP) is 3.18. The van der Waals surface area contributed by atoms with Crippen LogP contribution >= 0.6 is 0 Å². The number of rotatable bonds is 7. The second-order valence-electron chi connectivity index (χ2n) is 5.67. The Morgan fingerprint density at radius 2 is 1.78 bits per heavy atom. The van der Waals surface area contributed by atoms with Crippen molar-refractivity contribution in [3.63, 3.8) is 0 Å². The summed E-state index contributed by atoms with van der Waals surface area (Å²) in [6, 6.07) is 9.50. The summed E-state index contributed by atoms with van der Waals surface area (Å²) in [5, 5.41) is 0. The monoisotopic (exact) mass is 398 g/mol. The van der Waals surface area contributed by atoms with E-state index >= 15 is 0 Å². The van der Waals surface area contributed by atoms with E-state index in [0.717, 1.165) is 22.5 Å². The highest BCUT2D eigenvalue weighted by Gasteiger charge is 2.32. The van der Waals surface area contributed by atoms with Gasteiger partial charge in [0.05, 0.1) is 10.5 Å². The first-order valence-electron chi connectivity index (χ1n) is 7.73. The largest absolute Gasteiger partial charge is 0.416 e. The number of carbonyl (C=O) groups is 1. The smallest absolute Gasteiger partial charge is 0.366 e. The van der Waals surface area contributed by atoms with Crippen LogP contribution in [0.25, 0.3) is 0 Å². The highest BCUT2D eigenvalue weighted by molar-refractivity contribution is 7.89. The molecule has 0 aliphatic rings. The fourth-order valence-electron chi connectivity index (χ4n) is 2.35. The molecule has 0 saturated carbocycles. The Hall–Kier alpha value is -2.65. The van der Waals surface area contributed by atoms with Crippen LogP contribution in [-0.2, 0) is 22.7 Å². The van der Waals surface area contributed by atoms with Crippen LogP contribution in [0.1, 0.15) is 21.5 Å². The van der Waals surface area contributed by atoms with Gasteiger partial charge in [-0.1, -0.05) is 24.3 Å². The van der Waals surface area contributed by atoms with Crippen LogP contribution < -0.4 is 5.73 Å². The van der Waals surface area contributed by atoms with Crippen molar-refractivity contribution in [1.82, 2.24) is 4.31 Å². The molecule has 0 aliphatic carbocycles. The normalized spacial score (nSPS) is 12.1. The SMILES string of the molecule is C=CCN(Cc1ccc(C(N)=O)cc1)S(=O)(=O)c1cccc(C(F)(F)F)c1. The van der Waals surface area contributed by atoms with E-state index in [1.807, 2.05) is 0 Å². The summed E-state index contributed by atoms with van der Waals surface area (Å²) in [6.45, 7) is 3.29. The molecule has 2 aromatic rings. The molecule has 0 atom stereocenters. The Morgan fingerprint density at radius 1 is 1.15 bits per heavy atom. The number of nitrogens with two attached hydrogens (primary N) is 1. The molecule has 0 aliphatic heterocycles. The van der Waals surface area contributed by atoms with Gasteiger partial charge in [-0.2, -0.15) is 17.5 Å². The summed E-state index contributed by atoms with van der Waals surface area (Å²) in [5.41, 5.74) is 4.91. The highest BCUT2D eigenvalue weighted by atomic mass is 32.2. The summed E-state index contributed by atoms with van der Waals surface area (Å²) in [7, 11) is -4.20. The van der Waals surface area contributed by atoms with Gasteiger partial charge in [0.25, 0.3) is 0 Å². The number of sulfonamides is 1. The maximum atomic E-state index is 12.9. The molecule has 0 bridgehead atoms. The van der Waals surface area contributed by atoms with Gasteiger partial charge in [-0.15, -0.1) is 6.58 Å². The summed E-state index contributed by atoms with van der Waals surface area (Å²) in [6.07, 6.45) is -3.32. The van der Waals surface area contributed by atoms with Gasteiger partial charge in [0, 0.05) is 18.7 Å². The van der Waals surface area contributed by atoms with Gasteiger partial charge in [0.15, 0.2) is 0 Å². The number of primary amides is 1. The highest BCUT2D eigenvalue weighted by Crippen LogP contribution is 2.31.